The van der Waals surface area contributed by atoms with Crippen molar-refractivity contribution in [2.45, 2.75) is 52.9 Å². The third-order valence-corrected chi connectivity index (χ3v) is 3.54. The van der Waals surface area contributed by atoms with Gasteiger partial charge in [-0.15, -0.1) is 0 Å². The second-order valence-corrected chi connectivity index (χ2v) is 5.61. The van der Waals surface area contributed by atoms with Crippen molar-refractivity contribution < 1.29 is 9.90 Å². The third kappa shape index (κ3) is 3.00. The van der Waals surface area contributed by atoms with Crippen molar-refractivity contribution in [3.8, 4) is 0 Å². The van der Waals surface area contributed by atoms with Crippen molar-refractivity contribution >= 4 is 5.97 Å². The van der Waals surface area contributed by atoms with Crippen LogP contribution in [0.3, 0.4) is 0 Å². The molecule has 1 N–H and O–H groups in total. The molecule has 0 aromatic carbocycles. The molecule has 1 saturated carbocycles. The van der Waals surface area contributed by atoms with Crippen LogP contribution in [0.4, 0.5) is 0 Å². The summed E-state index contributed by atoms with van der Waals surface area (Å²) in [6.07, 6.45) is 5.12. The van der Waals surface area contributed by atoms with Gasteiger partial charge >= 0.3 is 5.97 Å². The molecule has 0 heterocycles. The van der Waals surface area contributed by atoms with E-state index in [0.29, 0.717) is 11.3 Å². The highest BCUT2D eigenvalue weighted by Crippen LogP contribution is 2.38. The van der Waals surface area contributed by atoms with E-state index in [9.17, 15) is 4.79 Å². The van der Waals surface area contributed by atoms with E-state index in [4.69, 9.17) is 5.11 Å². The van der Waals surface area contributed by atoms with Crippen LogP contribution >= 0.6 is 0 Å². The average molecular weight is 198 g/mol. The summed E-state index contributed by atoms with van der Waals surface area (Å²) in [5.74, 6) is 0.0220. The lowest BCUT2D eigenvalue weighted by Gasteiger charge is -2.29. The Bertz CT molecular complexity index is 203. The van der Waals surface area contributed by atoms with Gasteiger partial charge in [-0.1, -0.05) is 27.2 Å². The normalized spacial score (nSPS) is 29.6. The van der Waals surface area contributed by atoms with Gasteiger partial charge in [-0.25, -0.2) is 0 Å². The zero-order valence-corrected chi connectivity index (χ0v) is 9.55. The fourth-order valence-electron chi connectivity index (χ4n) is 2.41. The predicted molar refractivity (Wildman–Crippen MR) is 57.2 cm³/mol. The Kier molecular flexibility index (Phi) is 3.57. The molecule has 0 saturated heterocycles. The molecule has 1 rings (SSSR count). The second-order valence-electron chi connectivity index (χ2n) is 5.61. The van der Waals surface area contributed by atoms with Crippen molar-refractivity contribution in [3.63, 3.8) is 0 Å². The van der Waals surface area contributed by atoms with E-state index in [-0.39, 0.29) is 5.92 Å². The zero-order chi connectivity index (χ0) is 10.8. The van der Waals surface area contributed by atoms with E-state index < -0.39 is 5.97 Å². The Hall–Kier alpha value is -0.530. The van der Waals surface area contributed by atoms with E-state index in [1.807, 2.05) is 0 Å². The van der Waals surface area contributed by atoms with Crippen LogP contribution in [0, 0.1) is 17.3 Å². The number of carboxylic acid groups (broad SMARTS) is 1. The van der Waals surface area contributed by atoms with Crippen LogP contribution in [-0.2, 0) is 4.79 Å². The highest BCUT2D eigenvalue weighted by atomic mass is 16.4. The molecule has 82 valence electrons. The summed E-state index contributed by atoms with van der Waals surface area (Å²) in [7, 11) is 0. The third-order valence-electron chi connectivity index (χ3n) is 3.54. The number of aliphatic carboxylic acids is 1. The molecule has 2 unspecified atom stereocenters. The second kappa shape index (κ2) is 4.33. The molecule has 1 aliphatic rings. The standard InChI is InChI=1S/C12H22O2/c1-12(2,3)10-6-4-5-9(7-8-10)11(13)14/h9-10H,4-8H2,1-3H3,(H,13,14). The van der Waals surface area contributed by atoms with E-state index in [1.165, 1.54) is 6.42 Å². The first-order valence-electron chi connectivity index (χ1n) is 5.64. The number of hydrogen-bond donors (Lipinski definition) is 1. The molecule has 0 aromatic heterocycles. The number of rotatable bonds is 1. The first kappa shape index (κ1) is 11.5. The Morgan fingerprint density at radius 2 is 1.79 bits per heavy atom. The van der Waals surface area contributed by atoms with Crippen molar-refractivity contribution in [1.82, 2.24) is 0 Å². The molecule has 2 nitrogen and oxygen atoms in total. The highest BCUT2D eigenvalue weighted by molar-refractivity contribution is 5.69. The van der Waals surface area contributed by atoms with Crippen LogP contribution in [0.2, 0.25) is 0 Å². The number of carboxylic acids is 1. The Balaban J connectivity index is 2.53. The molecule has 2 atom stereocenters. The quantitative estimate of drug-likeness (QED) is 0.656. The summed E-state index contributed by atoms with van der Waals surface area (Å²) in [5, 5.41) is 8.95. The largest absolute Gasteiger partial charge is 0.481 e. The summed E-state index contributed by atoms with van der Waals surface area (Å²) in [5.41, 5.74) is 0.341. The van der Waals surface area contributed by atoms with Gasteiger partial charge in [0.2, 0.25) is 0 Å². The lowest BCUT2D eigenvalue weighted by Crippen LogP contribution is -2.20. The SMILES string of the molecule is CC(C)(C)C1CCCC(C(=O)O)CC1. The maximum Gasteiger partial charge on any atom is 0.306 e. The average Bonchev–Trinajstić information content (AvgIpc) is 2.26. The van der Waals surface area contributed by atoms with Crippen LogP contribution in [0.15, 0.2) is 0 Å². The van der Waals surface area contributed by atoms with Gasteiger partial charge in [0.15, 0.2) is 0 Å². The van der Waals surface area contributed by atoms with Gasteiger partial charge in [0.1, 0.15) is 0 Å². The lowest BCUT2D eigenvalue weighted by molar-refractivity contribution is -0.142. The molecule has 1 aliphatic carbocycles. The summed E-state index contributed by atoms with van der Waals surface area (Å²) >= 11 is 0. The summed E-state index contributed by atoms with van der Waals surface area (Å²) in [4.78, 5) is 10.9. The van der Waals surface area contributed by atoms with Crippen LogP contribution in [0.5, 0.6) is 0 Å². The van der Waals surface area contributed by atoms with Crippen molar-refractivity contribution in [2.24, 2.45) is 17.3 Å². The molecule has 1 fully saturated rings. The fraction of sp³-hybridized carbons (Fsp3) is 0.917. The molecule has 0 bridgehead atoms. The molecule has 0 radical (unpaired) electrons. The summed E-state index contributed by atoms with van der Waals surface area (Å²) < 4.78 is 0. The van der Waals surface area contributed by atoms with Gasteiger partial charge in [0.05, 0.1) is 5.92 Å². The van der Waals surface area contributed by atoms with Crippen molar-refractivity contribution in [3.05, 3.63) is 0 Å². The van der Waals surface area contributed by atoms with E-state index in [0.717, 1.165) is 25.7 Å². The minimum Gasteiger partial charge on any atom is -0.481 e. The van der Waals surface area contributed by atoms with Gasteiger partial charge in [-0.2, -0.15) is 0 Å². The van der Waals surface area contributed by atoms with Crippen molar-refractivity contribution in [2.75, 3.05) is 0 Å². The van der Waals surface area contributed by atoms with Crippen LogP contribution in [-0.4, -0.2) is 11.1 Å². The van der Waals surface area contributed by atoms with Gasteiger partial charge in [0.25, 0.3) is 0 Å². The van der Waals surface area contributed by atoms with Crippen LogP contribution in [0.25, 0.3) is 0 Å². The van der Waals surface area contributed by atoms with Gasteiger partial charge in [-0.05, 0) is 37.0 Å². The van der Waals surface area contributed by atoms with Crippen LogP contribution < -0.4 is 0 Å². The summed E-state index contributed by atoms with van der Waals surface area (Å²) in [6.45, 7) is 6.79. The molecule has 0 spiro atoms. The minimum absolute atomic E-state index is 0.0812. The number of hydrogen-bond acceptors (Lipinski definition) is 1. The lowest BCUT2D eigenvalue weighted by atomic mass is 9.76. The molecule has 14 heavy (non-hydrogen) atoms. The minimum atomic E-state index is -0.598. The Morgan fingerprint density at radius 3 is 2.29 bits per heavy atom. The Morgan fingerprint density at radius 1 is 1.14 bits per heavy atom. The van der Waals surface area contributed by atoms with Gasteiger partial charge in [-0.3, -0.25) is 4.79 Å². The monoisotopic (exact) mass is 198 g/mol. The van der Waals surface area contributed by atoms with Crippen LogP contribution in [0.1, 0.15) is 52.9 Å². The predicted octanol–water partition coefficient (Wildman–Crippen LogP) is 3.31. The molecular weight excluding hydrogens is 176 g/mol. The van der Waals surface area contributed by atoms with E-state index in [2.05, 4.69) is 20.8 Å². The van der Waals surface area contributed by atoms with Gasteiger partial charge < -0.3 is 5.11 Å². The zero-order valence-electron chi connectivity index (χ0n) is 9.55. The maximum absolute atomic E-state index is 10.9. The van der Waals surface area contributed by atoms with E-state index in [1.54, 1.807) is 0 Å². The molecule has 0 aromatic rings. The van der Waals surface area contributed by atoms with E-state index >= 15 is 0 Å². The molecule has 2 heteroatoms. The molecule has 0 aliphatic heterocycles. The topological polar surface area (TPSA) is 37.3 Å². The van der Waals surface area contributed by atoms with Gasteiger partial charge in [0, 0.05) is 0 Å². The fourth-order valence-corrected chi connectivity index (χ4v) is 2.41. The molecule has 0 amide bonds. The first-order chi connectivity index (χ1) is 6.41. The number of carbonyl (C=O) groups is 1. The summed E-state index contributed by atoms with van der Waals surface area (Å²) in [6, 6.07) is 0. The first-order valence-corrected chi connectivity index (χ1v) is 5.64. The maximum atomic E-state index is 10.9. The highest BCUT2D eigenvalue weighted by Gasteiger charge is 2.29. The smallest absolute Gasteiger partial charge is 0.306 e. The Labute approximate surface area is 86.7 Å². The molecular formula is C12H22O2. The van der Waals surface area contributed by atoms with Crippen molar-refractivity contribution in [1.29, 1.82) is 0 Å².